The SMILES string of the molecule is Cc1ccc(NC(=O)c2sc3ccccc3c2Cl)c([N+](=O)[O-])c1. The summed E-state index contributed by atoms with van der Waals surface area (Å²) in [6.45, 7) is 1.75. The van der Waals surface area contributed by atoms with Crippen molar-refractivity contribution in [3.8, 4) is 0 Å². The second-order valence-electron chi connectivity index (χ2n) is 4.97. The molecule has 0 aliphatic carbocycles. The first-order chi connectivity index (χ1) is 11.0. The van der Waals surface area contributed by atoms with E-state index in [1.807, 2.05) is 24.3 Å². The van der Waals surface area contributed by atoms with Crippen molar-refractivity contribution >= 4 is 50.3 Å². The van der Waals surface area contributed by atoms with Crippen molar-refractivity contribution in [1.82, 2.24) is 0 Å². The van der Waals surface area contributed by atoms with Crippen molar-refractivity contribution in [2.24, 2.45) is 0 Å². The molecule has 0 bridgehead atoms. The molecule has 0 spiro atoms. The number of halogens is 1. The van der Waals surface area contributed by atoms with Gasteiger partial charge in [0.2, 0.25) is 0 Å². The van der Waals surface area contributed by atoms with Crippen molar-refractivity contribution in [2.75, 3.05) is 5.32 Å². The molecule has 1 heterocycles. The van der Waals surface area contributed by atoms with Crippen LogP contribution in [0.3, 0.4) is 0 Å². The van der Waals surface area contributed by atoms with Gasteiger partial charge in [0.15, 0.2) is 0 Å². The quantitative estimate of drug-likeness (QED) is 0.534. The Morgan fingerprint density at radius 3 is 2.70 bits per heavy atom. The molecule has 2 aromatic carbocycles. The standard InChI is InChI=1S/C16H11ClN2O3S/c1-9-6-7-11(12(8-9)19(21)22)18-16(20)15-14(17)10-4-2-3-5-13(10)23-15/h2-8H,1H3,(H,18,20). The van der Waals surface area contributed by atoms with Gasteiger partial charge >= 0.3 is 0 Å². The Bertz CT molecular complexity index is 936. The Kier molecular flexibility index (Phi) is 4.02. The third-order valence-electron chi connectivity index (χ3n) is 3.34. The normalized spacial score (nSPS) is 10.7. The van der Waals surface area contributed by atoms with Gasteiger partial charge in [0.05, 0.1) is 9.95 Å². The van der Waals surface area contributed by atoms with Crippen molar-refractivity contribution in [3.63, 3.8) is 0 Å². The predicted molar refractivity (Wildman–Crippen MR) is 92.6 cm³/mol. The lowest BCUT2D eigenvalue weighted by molar-refractivity contribution is -0.384. The second kappa shape index (κ2) is 5.98. The summed E-state index contributed by atoms with van der Waals surface area (Å²) in [5, 5.41) is 14.9. The highest BCUT2D eigenvalue weighted by atomic mass is 35.5. The van der Waals surface area contributed by atoms with E-state index in [4.69, 9.17) is 11.6 Å². The Morgan fingerprint density at radius 1 is 1.26 bits per heavy atom. The molecule has 1 amide bonds. The number of nitro benzene ring substituents is 1. The first-order valence-electron chi connectivity index (χ1n) is 6.71. The number of nitrogens with zero attached hydrogens (tertiary/aromatic N) is 1. The van der Waals surface area contributed by atoms with Crippen molar-refractivity contribution in [3.05, 3.63) is 68.0 Å². The fourth-order valence-corrected chi connectivity index (χ4v) is 3.65. The zero-order chi connectivity index (χ0) is 16.6. The highest BCUT2D eigenvalue weighted by Gasteiger charge is 2.21. The topological polar surface area (TPSA) is 72.2 Å². The van der Waals surface area contributed by atoms with Gasteiger partial charge in [-0.1, -0.05) is 35.9 Å². The fourth-order valence-electron chi connectivity index (χ4n) is 2.24. The number of fused-ring (bicyclic) bond motifs is 1. The number of nitrogens with one attached hydrogen (secondary N) is 1. The van der Waals surface area contributed by atoms with Gasteiger partial charge < -0.3 is 5.32 Å². The largest absolute Gasteiger partial charge is 0.315 e. The molecule has 0 saturated carbocycles. The van der Waals surface area contributed by atoms with Gasteiger partial charge in [-0.05, 0) is 24.6 Å². The van der Waals surface area contributed by atoms with Gasteiger partial charge in [-0.15, -0.1) is 11.3 Å². The minimum Gasteiger partial charge on any atom is -0.315 e. The number of aryl methyl sites for hydroxylation is 1. The molecule has 1 aromatic heterocycles. The molecule has 23 heavy (non-hydrogen) atoms. The molecule has 116 valence electrons. The predicted octanol–water partition coefficient (Wildman–Crippen LogP) is 5.02. The van der Waals surface area contributed by atoms with Gasteiger partial charge in [0, 0.05) is 16.2 Å². The number of benzene rings is 2. The fraction of sp³-hybridized carbons (Fsp3) is 0.0625. The maximum Gasteiger partial charge on any atom is 0.293 e. The van der Waals surface area contributed by atoms with E-state index in [1.54, 1.807) is 13.0 Å². The third-order valence-corrected chi connectivity index (χ3v) is 5.01. The highest BCUT2D eigenvalue weighted by Crippen LogP contribution is 2.36. The molecule has 0 atom stereocenters. The minimum absolute atomic E-state index is 0.143. The van der Waals surface area contributed by atoms with Crippen LogP contribution >= 0.6 is 22.9 Å². The van der Waals surface area contributed by atoms with Gasteiger partial charge in [0.1, 0.15) is 10.6 Å². The monoisotopic (exact) mass is 346 g/mol. The number of rotatable bonds is 3. The van der Waals surface area contributed by atoms with E-state index in [-0.39, 0.29) is 11.4 Å². The van der Waals surface area contributed by atoms with Crippen LogP contribution in [0.1, 0.15) is 15.2 Å². The molecule has 0 radical (unpaired) electrons. The first-order valence-corrected chi connectivity index (χ1v) is 7.90. The molecule has 5 nitrogen and oxygen atoms in total. The number of amides is 1. The zero-order valence-corrected chi connectivity index (χ0v) is 13.6. The minimum atomic E-state index is -0.519. The summed E-state index contributed by atoms with van der Waals surface area (Å²) >= 11 is 7.52. The average Bonchev–Trinajstić information content (AvgIpc) is 2.86. The number of anilines is 1. The molecule has 7 heteroatoms. The lowest BCUT2D eigenvalue weighted by atomic mass is 10.2. The molecule has 3 rings (SSSR count). The molecule has 0 unspecified atom stereocenters. The summed E-state index contributed by atoms with van der Waals surface area (Å²) in [5.41, 5.74) is 0.754. The van der Waals surface area contributed by atoms with Crippen molar-refractivity contribution < 1.29 is 9.72 Å². The highest BCUT2D eigenvalue weighted by molar-refractivity contribution is 7.21. The maximum absolute atomic E-state index is 12.5. The molecule has 0 fully saturated rings. The van der Waals surface area contributed by atoms with E-state index in [0.29, 0.717) is 9.90 Å². The summed E-state index contributed by atoms with van der Waals surface area (Å²) in [7, 11) is 0. The van der Waals surface area contributed by atoms with Crippen LogP contribution in [-0.2, 0) is 0 Å². The summed E-state index contributed by atoms with van der Waals surface area (Å²) in [4.78, 5) is 23.4. The number of carbonyl (C=O) groups is 1. The molecular formula is C16H11ClN2O3S. The Hall–Kier alpha value is -2.44. The Morgan fingerprint density at radius 2 is 2.00 bits per heavy atom. The number of carbonyl (C=O) groups excluding carboxylic acids is 1. The van der Waals surface area contributed by atoms with Crippen molar-refractivity contribution in [2.45, 2.75) is 6.92 Å². The summed E-state index contributed by atoms with van der Waals surface area (Å²) in [5.74, 6) is -0.455. The van der Waals surface area contributed by atoms with Crippen LogP contribution < -0.4 is 5.32 Å². The van der Waals surface area contributed by atoms with E-state index in [9.17, 15) is 14.9 Å². The van der Waals surface area contributed by atoms with Crippen LogP contribution in [-0.4, -0.2) is 10.8 Å². The van der Waals surface area contributed by atoms with Gasteiger partial charge in [-0.25, -0.2) is 0 Å². The smallest absolute Gasteiger partial charge is 0.293 e. The average molecular weight is 347 g/mol. The maximum atomic E-state index is 12.5. The molecule has 0 aliphatic heterocycles. The second-order valence-corrected chi connectivity index (χ2v) is 6.40. The van der Waals surface area contributed by atoms with Crippen LogP contribution in [0.25, 0.3) is 10.1 Å². The van der Waals surface area contributed by atoms with Crippen molar-refractivity contribution in [1.29, 1.82) is 0 Å². The number of nitro groups is 1. The summed E-state index contributed by atoms with van der Waals surface area (Å²) in [6, 6.07) is 12.1. The molecule has 3 aromatic rings. The first kappa shape index (κ1) is 15.5. The van der Waals surface area contributed by atoms with Crippen LogP contribution in [0.15, 0.2) is 42.5 Å². The summed E-state index contributed by atoms with van der Waals surface area (Å²) in [6.07, 6.45) is 0. The van der Waals surface area contributed by atoms with Gasteiger partial charge in [-0.2, -0.15) is 0 Å². The van der Waals surface area contributed by atoms with Gasteiger partial charge in [-0.3, -0.25) is 14.9 Å². The van der Waals surface area contributed by atoms with Crippen LogP contribution in [0.2, 0.25) is 5.02 Å². The number of thiophene rings is 1. The Labute approximate surface area is 140 Å². The van der Waals surface area contributed by atoms with Crippen LogP contribution in [0.4, 0.5) is 11.4 Å². The molecule has 0 aliphatic rings. The number of hydrogen-bond acceptors (Lipinski definition) is 4. The molecule has 1 N–H and O–H groups in total. The van der Waals surface area contributed by atoms with E-state index in [1.165, 1.54) is 23.5 Å². The van der Waals surface area contributed by atoms with E-state index in [0.717, 1.165) is 15.6 Å². The molecule has 0 saturated heterocycles. The zero-order valence-electron chi connectivity index (χ0n) is 12.0. The summed E-state index contributed by atoms with van der Waals surface area (Å²) < 4.78 is 0.890. The lowest BCUT2D eigenvalue weighted by Gasteiger charge is -2.06. The third kappa shape index (κ3) is 2.91. The van der Waals surface area contributed by atoms with E-state index >= 15 is 0 Å². The molecular weight excluding hydrogens is 336 g/mol. The lowest BCUT2D eigenvalue weighted by Crippen LogP contribution is -2.12. The van der Waals surface area contributed by atoms with Crippen LogP contribution in [0.5, 0.6) is 0 Å². The van der Waals surface area contributed by atoms with Crippen LogP contribution in [0, 0.1) is 17.0 Å². The van der Waals surface area contributed by atoms with E-state index < -0.39 is 10.8 Å². The van der Waals surface area contributed by atoms with E-state index in [2.05, 4.69) is 5.32 Å². The van der Waals surface area contributed by atoms with Gasteiger partial charge in [0.25, 0.3) is 11.6 Å². The Balaban J connectivity index is 1.98. The number of hydrogen-bond donors (Lipinski definition) is 1.